The van der Waals surface area contributed by atoms with Crippen LogP contribution in [0.15, 0.2) is 17.0 Å². The average molecular weight is 285 g/mol. The fourth-order valence-corrected chi connectivity index (χ4v) is 3.40. The highest BCUT2D eigenvalue weighted by Crippen LogP contribution is 2.24. The summed E-state index contributed by atoms with van der Waals surface area (Å²) in [6.07, 6.45) is 0.701. The summed E-state index contributed by atoms with van der Waals surface area (Å²) in [7, 11) is -2.14. The van der Waals surface area contributed by atoms with E-state index in [-0.39, 0.29) is 10.5 Å². The molecule has 0 radical (unpaired) electrons. The van der Waals surface area contributed by atoms with E-state index < -0.39 is 16.0 Å². The van der Waals surface area contributed by atoms with Gasteiger partial charge in [-0.15, -0.1) is 0 Å². The number of carboxylic acids is 1. The Morgan fingerprint density at radius 1 is 1.32 bits per heavy atom. The van der Waals surface area contributed by atoms with Crippen molar-refractivity contribution in [2.75, 3.05) is 13.6 Å². The second-order valence-electron chi connectivity index (χ2n) is 4.55. The maximum absolute atomic E-state index is 12.4. The predicted molar refractivity (Wildman–Crippen MR) is 73.0 cm³/mol. The lowest BCUT2D eigenvalue weighted by molar-refractivity contribution is 0.0696. The summed E-state index contributed by atoms with van der Waals surface area (Å²) in [4.78, 5) is 11.1. The zero-order valence-electron chi connectivity index (χ0n) is 11.6. The van der Waals surface area contributed by atoms with E-state index in [1.165, 1.54) is 23.5 Å². The molecule has 1 N–H and O–H groups in total. The van der Waals surface area contributed by atoms with Gasteiger partial charge in [-0.2, -0.15) is 0 Å². The van der Waals surface area contributed by atoms with Crippen LogP contribution in [-0.2, 0) is 10.0 Å². The molecule has 0 aromatic heterocycles. The van der Waals surface area contributed by atoms with Gasteiger partial charge in [0.25, 0.3) is 0 Å². The van der Waals surface area contributed by atoms with Crippen molar-refractivity contribution in [2.45, 2.75) is 32.1 Å². The van der Waals surface area contributed by atoms with Gasteiger partial charge in [-0.3, -0.25) is 0 Å². The number of aromatic carboxylic acids is 1. The molecular formula is C13H19NO4S. The molecule has 1 aromatic rings. The van der Waals surface area contributed by atoms with Gasteiger partial charge in [0.05, 0.1) is 10.5 Å². The van der Waals surface area contributed by atoms with Crippen LogP contribution < -0.4 is 0 Å². The van der Waals surface area contributed by atoms with Crippen molar-refractivity contribution in [3.63, 3.8) is 0 Å². The molecule has 0 saturated carbocycles. The van der Waals surface area contributed by atoms with Crippen molar-refractivity contribution in [3.8, 4) is 0 Å². The van der Waals surface area contributed by atoms with Crippen LogP contribution in [0.2, 0.25) is 0 Å². The maximum atomic E-state index is 12.4. The Labute approximate surface area is 113 Å². The molecule has 0 unspecified atom stereocenters. The summed E-state index contributed by atoms with van der Waals surface area (Å²) >= 11 is 0. The molecule has 6 heteroatoms. The predicted octanol–water partition coefficient (Wildman–Crippen LogP) is 2.03. The summed E-state index contributed by atoms with van der Waals surface area (Å²) in [6.45, 7) is 5.68. The lowest BCUT2D eigenvalue weighted by atomic mass is 10.1. The van der Waals surface area contributed by atoms with E-state index in [4.69, 9.17) is 5.11 Å². The number of carbonyl (C=O) groups is 1. The highest BCUT2D eigenvalue weighted by atomic mass is 32.2. The minimum atomic E-state index is -3.64. The molecule has 19 heavy (non-hydrogen) atoms. The molecule has 0 saturated heterocycles. The Morgan fingerprint density at radius 3 is 2.37 bits per heavy atom. The third-order valence-electron chi connectivity index (χ3n) is 3.09. The van der Waals surface area contributed by atoms with E-state index in [0.29, 0.717) is 24.1 Å². The fourth-order valence-electron chi connectivity index (χ4n) is 1.82. The highest BCUT2D eigenvalue weighted by Gasteiger charge is 2.24. The number of hydrogen-bond acceptors (Lipinski definition) is 3. The summed E-state index contributed by atoms with van der Waals surface area (Å²) in [6, 6.07) is 2.71. The zero-order chi connectivity index (χ0) is 14.8. The van der Waals surface area contributed by atoms with E-state index in [0.717, 1.165) is 0 Å². The van der Waals surface area contributed by atoms with Crippen molar-refractivity contribution in [3.05, 3.63) is 28.8 Å². The standard InChI is InChI=1S/C13H19NO4S/c1-5-6-14(4)19(17,18)12-8-11(13(15)16)7-9(2)10(12)3/h7-8H,5-6H2,1-4H3,(H,15,16). The Hall–Kier alpha value is -1.40. The Balaban J connectivity index is 3.45. The van der Waals surface area contributed by atoms with Gasteiger partial charge in [-0.05, 0) is 43.5 Å². The molecule has 0 amide bonds. The molecule has 0 bridgehead atoms. The molecule has 0 aliphatic rings. The maximum Gasteiger partial charge on any atom is 0.335 e. The van der Waals surface area contributed by atoms with Crippen molar-refractivity contribution >= 4 is 16.0 Å². The smallest absolute Gasteiger partial charge is 0.335 e. The number of rotatable bonds is 5. The first-order chi connectivity index (χ1) is 8.71. The van der Waals surface area contributed by atoms with E-state index >= 15 is 0 Å². The first-order valence-corrected chi connectivity index (χ1v) is 7.46. The SMILES string of the molecule is CCCN(C)S(=O)(=O)c1cc(C(=O)O)cc(C)c1C. The van der Waals surface area contributed by atoms with E-state index in [2.05, 4.69) is 0 Å². The Kier molecular flexibility index (Phi) is 4.70. The Morgan fingerprint density at radius 2 is 1.89 bits per heavy atom. The van der Waals surface area contributed by atoms with Crippen LogP contribution in [-0.4, -0.2) is 37.4 Å². The first-order valence-electron chi connectivity index (χ1n) is 6.02. The molecule has 0 fully saturated rings. The fraction of sp³-hybridized carbons (Fsp3) is 0.462. The number of hydrogen-bond donors (Lipinski definition) is 1. The Bertz CT molecular complexity index is 593. The normalized spacial score (nSPS) is 11.8. The van der Waals surface area contributed by atoms with Crippen LogP contribution in [0.25, 0.3) is 0 Å². The molecule has 0 aliphatic carbocycles. The van der Waals surface area contributed by atoms with Crippen LogP contribution in [0.3, 0.4) is 0 Å². The third-order valence-corrected chi connectivity index (χ3v) is 5.08. The summed E-state index contributed by atoms with van der Waals surface area (Å²) in [5, 5.41) is 9.02. The molecule has 1 aromatic carbocycles. The van der Waals surface area contributed by atoms with Gasteiger partial charge in [0.2, 0.25) is 10.0 Å². The van der Waals surface area contributed by atoms with Gasteiger partial charge in [0.15, 0.2) is 0 Å². The molecule has 0 heterocycles. The van der Waals surface area contributed by atoms with Crippen LogP contribution in [0.5, 0.6) is 0 Å². The number of aryl methyl sites for hydroxylation is 1. The van der Waals surface area contributed by atoms with Gasteiger partial charge in [0.1, 0.15) is 0 Å². The largest absolute Gasteiger partial charge is 0.478 e. The van der Waals surface area contributed by atoms with E-state index in [1.807, 2.05) is 6.92 Å². The van der Waals surface area contributed by atoms with Crippen LogP contribution in [0.4, 0.5) is 0 Å². The van der Waals surface area contributed by atoms with Crippen LogP contribution >= 0.6 is 0 Å². The summed E-state index contributed by atoms with van der Waals surface area (Å²) in [5.41, 5.74) is 1.24. The van der Waals surface area contributed by atoms with Crippen LogP contribution in [0.1, 0.15) is 34.8 Å². The molecular weight excluding hydrogens is 266 g/mol. The van der Waals surface area contributed by atoms with Gasteiger partial charge >= 0.3 is 5.97 Å². The third kappa shape index (κ3) is 3.13. The molecule has 0 atom stereocenters. The summed E-state index contributed by atoms with van der Waals surface area (Å²) < 4.78 is 26.1. The molecule has 0 aliphatic heterocycles. The zero-order valence-corrected chi connectivity index (χ0v) is 12.4. The number of nitrogens with zero attached hydrogens (tertiary/aromatic N) is 1. The lowest BCUT2D eigenvalue weighted by Crippen LogP contribution is -2.28. The molecule has 0 spiro atoms. The second kappa shape index (κ2) is 5.71. The number of carboxylic acid groups (broad SMARTS) is 1. The van der Waals surface area contributed by atoms with Crippen LogP contribution in [0, 0.1) is 13.8 Å². The lowest BCUT2D eigenvalue weighted by Gasteiger charge is -2.19. The second-order valence-corrected chi connectivity index (χ2v) is 6.56. The van der Waals surface area contributed by atoms with Crippen molar-refractivity contribution in [1.29, 1.82) is 0 Å². The van der Waals surface area contributed by atoms with E-state index in [1.54, 1.807) is 13.8 Å². The van der Waals surface area contributed by atoms with Crippen molar-refractivity contribution in [2.24, 2.45) is 0 Å². The summed E-state index contributed by atoms with van der Waals surface area (Å²) in [5.74, 6) is -1.13. The number of sulfonamides is 1. The molecule has 106 valence electrons. The number of benzene rings is 1. The average Bonchev–Trinajstić information content (AvgIpc) is 2.32. The topological polar surface area (TPSA) is 74.7 Å². The highest BCUT2D eigenvalue weighted by molar-refractivity contribution is 7.89. The van der Waals surface area contributed by atoms with E-state index in [9.17, 15) is 13.2 Å². The van der Waals surface area contributed by atoms with Crippen molar-refractivity contribution < 1.29 is 18.3 Å². The van der Waals surface area contributed by atoms with Crippen molar-refractivity contribution in [1.82, 2.24) is 4.31 Å². The quantitative estimate of drug-likeness (QED) is 0.898. The first kappa shape index (κ1) is 15.7. The minimum Gasteiger partial charge on any atom is -0.478 e. The van der Waals surface area contributed by atoms with Gasteiger partial charge in [0, 0.05) is 13.6 Å². The van der Waals surface area contributed by atoms with Gasteiger partial charge in [-0.1, -0.05) is 6.92 Å². The molecule has 5 nitrogen and oxygen atoms in total. The van der Waals surface area contributed by atoms with Gasteiger partial charge < -0.3 is 5.11 Å². The minimum absolute atomic E-state index is 0.00780. The molecule has 1 rings (SSSR count). The van der Waals surface area contributed by atoms with Gasteiger partial charge in [-0.25, -0.2) is 17.5 Å². The monoisotopic (exact) mass is 285 g/mol.